The van der Waals surface area contributed by atoms with Gasteiger partial charge in [0.05, 0.1) is 11.5 Å². The third kappa shape index (κ3) is 6.63. The zero-order chi connectivity index (χ0) is 13.8. The first-order valence-electron chi connectivity index (χ1n) is 5.38. The molecule has 0 aromatic heterocycles. The molecule has 0 aliphatic heterocycles. The Kier molecular flexibility index (Phi) is 8.23. The second kappa shape index (κ2) is 8.04. The Labute approximate surface area is 153 Å². The second-order valence-corrected chi connectivity index (χ2v) is 6.17. The van der Waals surface area contributed by atoms with Crippen LogP contribution in [0.2, 0.25) is 0 Å². The molecule has 1 rings (SSSR count). The third-order valence-electron chi connectivity index (χ3n) is 2.36. The van der Waals surface area contributed by atoms with Crippen molar-refractivity contribution >= 4 is 22.3 Å². The molecule has 0 radical (unpaired) electrons. The first kappa shape index (κ1) is 19.5. The van der Waals surface area contributed by atoms with Gasteiger partial charge in [-0.15, -0.1) is 0 Å². The molecule has 19 heavy (non-hydrogen) atoms. The van der Waals surface area contributed by atoms with E-state index in [0.717, 1.165) is 6.07 Å². The summed E-state index contributed by atoms with van der Waals surface area (Å²) < 4.78 is 65.2. The summed E-state index contributed by atoms with van der Waals surface area (Å²) in [6, 6.07) is 4.78. The molecule has 0 N–H and O–H groups in total. The molecule has 3 nitrogen and oxygen atoms in total. The van der Waals surface area contributed by atoms with E-state index in [1.165, 1.54) is 25.1 Å². The molecule has 0 heterocycles. The van der Waals surface area contributed by atoms with E-state index in [0.29, 0.717) is 0 Å². The van der Waals surface area contributed by atoms with Crippen LogP contribution in [0.1, 0.15) is 6.92 Å². The zero-order valence-corrected chi connectivity index (χ0v) is 14.7. The van der Waals surface area contributed by atoms with Gasteiger partial charge in [0.2, 0.25) is 0 Å². The van der Waals surface area contributed by atoms with Gasteiger partial charge in [-0.1, -0.05) is 30.6 Å². The van der Waals surface area contributed by atoms with Crippen LogP contribution in [0.3, 0.4) is 0 Å². The first-order chi connectivity index (χ1) is 8.26. The molecule has 1 aromatic rings. The fourth-order valence-corrected chi connectivity index (χ4v) is 1.93. The first-order valence-corrected chi connectivity index (χ1v) is 7.20. The Morgan fingerprint density at radius 1 is 1.21 bits per heavy atom. The molecular weight excluding hydrogens is 307 g/mol. The largest absolute Gasteiger partial charge is 1.00 e. The van der Waals surface area contributed by atoms with E-state index in [1.54, 1.807) is 0 Å². The summed E-state index contributed by atoms with van der Waals surface area (Å²) in [5, 5.41) is 0. The van der Waals surface area contributed by atoms with Crippen LogP contribution in [-0.2, 0) is 9.84 Å². The van der Waals surface area contributed by atoms with Crippen molar-refractivity contribution in [3.05, 3.63) is 24.3 Å². The molecule has 0 spiro atoms. The molecule has 102 valence electrons. The van der Waals surface area contributed by atoms with Gasteiger partial charge in [0.15, 0.2) is 9.84 Å². The molecule has 0 aliphatic rings. The van der Waals surface area contributed by atoms with Crippen LogP contribution in [0.4, 0.5) is 12.9 Å². The standard InChI is InChI=1S/C10H13BF3O3S.K/c1-2-18(15,16)8-7-17-10-6-4-3-5-9(10)11(12,13)14;/h3-6H,2,7-8H2,1H3;/q-1;+1. The van der Waals surface area contributed by atoms with E-state index < -0.39 is 22.3 Å². The van der Waals surface area contributed by atoms with Crippen LogP contribution < -0.4 is 61.6 Å². The number of ether oxygens (including phenoxy) is 1. The predicted octanol–water partition coefficient (Wildman–Crippen LogP) is -1.44. The molecule has 0 bridgehead atoms. The van der Waals surface area contributed by atoms with Gasteiger partial charge >= 0.3 is 58.4 Å². The minimum absolute atomic E-state index is 0. The summed E-state index contributed by atoms with van der Waals surface area (Å²) >= 11 is 0. The summed E-state index contributed by atoms with van der Waals surface area (Å²) in [5.74, 6) is -0.666. The Hall–Kier alpha value is 0.461. The van der Waals surface area contributed by atoms with Crippen LogP contribution in [0.25, 0.3) is 0 Å². The molecule has 9 heteroatoms. The smallest absolute Gasteiger partial charge is 0.496 e. The van der Waals surface area contributed by atoms with Crippen molar-refractivity contribution < 1.29 is 77.5 Å². The molecular formula is C10H13BF3KO3S. The molecule has 0 atom stereocenters. The molecule has 0 fully saturated rings. The number of benzene rings is 1. The van der Waals surface area contributed by atoms with Crippen LogP contribution in [0, 0.1) is 0 Å². The minimum atomic E-state index is -5.16. The number of para-hydroxylation sites is 1. The van der Waals surface area contributed by atoms with E-state index in [2.05, 4.69) is 0 Å². The van der Waals surface area contributed by atoms with Gasteiger partial charge in [-0.3, -0.25) is 0 Å². The quantitative estimate of drug-likeness (QED) is 0.603. The Balaban J connectivity index is 0.00000324. The molecule has 1 aromatic carbocycles. The summed E-state index contributed by atoms with van der Waals surface area (Å²) in [7, 11) is -3.24. The van der Waals surface area contributed by atoms with Gasteiger partial charge < -0.3 is 17.7 Å². The predicted molar refractivity (Wildman–Crippen MR) is 65.0 cm³/mol. The number of rotatable bonds is 6. The maximum absolute atomic E-state index is 12.6. The maximum atomic E-state index is 12.6. The Morgan fingerprint density at radius 2 is 1.79 bits per heavy atom. The van der Waals surface area contributed by atoms with Crippen LogP contribution in [0.15, 0.2) is 24.3 Å². The summed E-state index contributed by atoms with van der Waals surface area (Å²) in [6.07, 6.45) is 0. The molecule has 0 saturated heterocycles. The average Bonchev–Trinajstić information content (AvgIpc) is 2.28. The number of hydrogen-bond donors (Lipinski definition) is 0. The van der Waals surface area contributed by atoms with E-state index in [1.807, 2.05) is 0 Å². The fraction of sp³-hybridized carbons (Fsp3) is 0.400. The molecule has 0 saturated carbocycles. The Bertz CT molecular complexity index is 505. The fourth-order valence-electron chi connectivity index (χ4n) is 1.31. The second-order valence-electron chi connectivity index (χ2n) is 3.70. The van der Waals surface area contributed by atoms with Gasteiger partial charge in [-0.05, 0) is 6.07 Å². The SMILES string of the molecule is CCS(=O)(=O)CCOc1ccccc1[B-](F)(F)F.[K+]. The maximum Gasteiger partial charge on any atom is 1.00 e. The van der Waals surface area contributed by atoms with Gasteiger partial charge in [0, 0.05) is 5.75 Å². The zero-order valence-electron chi connectivity index (χ0n) is 10.8. The number of halogens is 3. The van der Waals surface area contributed by atoms with Gasteiger partial charge in [0.25, 0.3) is 0 Å². The number of sulfone groups is 1. The van der Waals surface area contributed by atoms with Crippen LogP contribution in [-0.4, -0.2) is 33.5 Å². The van der Waals surface area contributed by atoms with Crippen LogP contribution >= 0.6 is 0 Å². The van der Waals surface area contributed by atoms with Gasteiger partial charge in [-0.2, -0.15) is 0 Å². The average molecular weight is 320 g/mol. The molecule has 0 aliphatic carbocycles. The summed E-state index contributed by atoms with van der Waals surface area (Å²) in [4.78, 5) is 0. The van der Waals surface area contributed by atoms with E-state index in [9.17, 15) is 21.4 Å². The number of hydrogen-bond acceptors (Lipinski definition) is 3. The minimum Gasteiger partial charge on any atom is -0.496 e. The van der Waals surface area contributed by atoms with Crippen molar-refractivity contribution in [2.75, 3.05) is 18.1 Å². The molecule has 0 amide bonds. The Morgan fingerprint density at radius 3 is 2.32 bits per heavy atom. The van der Waals surface area contributed by atoms with Crippen molar-refractivity contribution in [3.8, 4) is 5.75 Å². The monoisotopic (exact) mass is 320 g/mol. The van der Waals surface area contributed by atoms with E-state index in [-0.39, 0.29) is 75.2 Å². The normalized spacial score (nSPS) is 11.8. The van der Waals surface area contributed by atoms with Crippen molar-refractivity contribution in [1.82, 2.24) is 0 Å². The molecule has 0 unspecified atom stereocenters. The summed E-state index contributed by atoms with van der Waals surface area (Å²) in [6.45, 7) is -3.97. The van der Waals surface area contributed by atoms with Crippen molar-refractivity contribution in [1.29, 1.82) is 0 Å². The van der Waals surface area contributed by atoms with E-state index >= 15 is 0 Å². The van der Waals surface area contributed by atoms with E-state index in [4.69, 9.17) is 4.74 Å². The topological polar surface area (TPSA) is 43.4 Å². The van der Waals surface area contributed by atoms with Gasteiger partial charge in [0.1, 0.15) is 6.61 Å². The van der Waals surface area contributed by atoms with Gasteiger partial charge in [-0.25, -0.2) is 8.42 Å². The van der Waals surface area contributed by atoms with Crippen molar-refractivity contribution in [2.45, 2.75) is 6.92 Å². The summed E-state index contributed by atoms with van der Waals surface area (Å²) in [5.41, 5.74) is -0.841. The third-order valence-corrected chi connectivity index (χ3v) is 4.03. The van der Waals surface area contributed by atoms with Crippen LogP contribution in [0.5, 0.6) is 5.75 Å². The van der Waals surface area contributed by atoms with Crippen molar-refractivity contribution in [2.24, 2.45) is 0 Å². The van der Waals surface area contributed by atoms with Crippen molar-refractivity contribution in [3.63, 3.8) is 0 Å².